The minimum atomic E-state index is -1.18. The Bertz CT molecular complexity index is 780. The first kappa shape index (κ1) is 17.6. The van der Waals surface area contributed by atoms with Gasteiger partial charge >= 0.3 is 0 Å². The summed E-state index contributed by atoms with van der Waals surface area (Å²) in [5.41, 5.74) is 0.429. The summed E-state index contributed by atoms with van der Waals surface area (Å²) in [6.45, 7) is 6.06. The van der Waals surface area contributed by atoms with E-state index < -0.39 is 10.8 Å². The van der Waals surface area contributed by atoms with Gasteiger partial charge in [-0.15, -0.1) is 0 Å². The molecule has 2 aromatic rings. The van der Waals surface area contributed by atoms with E-state index in [1.807, 2.05) is 25.3 Å². The number of nitrogens with zero attached hydrogens (tertiary/aromatic N) is 2. The molecule has 1 aromatic carbocycles. The molecule has 1 atom stereocenters. The highest BCUT2D eigenvalue weighted by Gasteiger charge is 2.16. The molecule has 0 spiro atoms. The van der Waals surface area contributed by atoms with E-state index in [4.69, 9.17) is 12.2 Å². The van der Waals surface area contributed by atoms with Crippen LogP contribution < -0.4 is 5.32 Å². The third-order valence-corrected chi connectivity index (χ3v) is 5.00. The first-order valence-electron chi connectivity index (χ1n) is 7.37. The minimum Gasteiger partial charge on any atom is -0.345 e. The Morgan fingerprint density at radius 1 is 1.43 bits per heavy atom. The summed E-state index contributed by atoms with van der Waals surface area (Å²) in [6, 6.07) is 7.09. The van der Waals surface area contributed by atoms with Gasteiger partial charge in [0, 0.05) is 11.8 Å². The number of aromatic amines is 1. The second kappa shape index (κ2) is 7.65. The molecule has 0 radical (unpaired) electrons. The molecule has 0 bridgehead atoms. The zero-order valence-electron chi connectivity index (χ0n) is 13.3. The zero-order valence-corrected chi connectivity index (χ0v) is 15.0. The van der Waals surface area contributed by atoms with Crippen molar-refractivity contribution in [1.29, 1.82) is 0 Å². The summed E-state index contributed by atoms with van der Waals surface area (Å²) in [5, 5.41) is 9.70. The molecule has 0 saturated carbocycles. The van der Waals surface area contributed by atoms with E-state index in [1.165, 1.54) is 0 Å². The maximum absolute atomic E-state index is 12.4. The maximum atomic E-state index is 12.4. The molecule has 1 heterocycles. The van der Waals surface area contributed by atoms with E-state index in [1.54, 1.807) is 24.3 Å². The third-order valence-electron chi connectivity index (χ3n) is 3.34. The SMILES string of the molecule is CC[S@](=O)c1ccccc1C(=O)NCc1n[nH]c(=S)n1C(C)C. The topological polar surface area (TPSA) is 79.8 Å². The maximum Gasteiger partial charge on any atom is 0.252 e. The quantitative estimate of drug-likeness (QED) is 0.783. The van der Waals surface area contributed by atoms with Crippen LogP contribution in [0.2, 0.25) is 0 Å². The van der Waals surface area contributed by atoms with Gasteiger partial charge in [-0.1, -0.05) is 19.1 Å². The summed E-state index contributed by atoms with van der Waals surface area (Å²) >= 11 is 5.19. The Labute approximate surface area is 142 Å². The number of H-pyrrole nitrogens is 1. The van der Waals surface area contributed by atoms with Crippen LogP contribution >= 0.6 is 12.2 Å². The molecule has 0 saturated heterocycles. The molecular formula is C15H20N4O2S2. The van der Waals surface area contributed by atoms with Gasteiger partial charge in [0.25, 0.3) is 5.91 Å². The molecule has 2 N–H and O–H groups in total. The Kier molecular flexibility index (Phi) is 5.84. The molecule has 8 heteroatoms. The van der Waals surface area contributed by atoms with Gasteiger partial charge in [-0.05, 0) is 38.2 Å². The third kappa shape index (κ3) is 3.94. The lowest BCUT2D eigenvalue weighted by Crippen LogP contribution is -2.26. The fraction of sp³-hybridized carbons (Fsp3) is 0.400. The zero-order chi connectivity index (χ0) is 17.0. The van der Waals surface area contributed by atoms with E-state index in [9.17, 15) is 9.00 Å². The number of rotatable bonds is 6. The second-order valence-corrected chi connectivity index (χ2v) is 7.32. The van der Waals surface area contributed by atoms with Crippen molar-refractivity contribution < 1.29 is 9.00 Å². The van der Waals surface area contributed by atoms with E-state index in [0.717, 1.165) is 0 Å². The van der Waals surface area contributed by atoms with Crippen molar-refractivity contribution in [2.24, 2.45) is 0 Å². The molecule has 0 aliphatic rings. The first-order chi connectivity index (χ1) is 11.0. The van der Waals surface area contributed by atoms with Crippen molar-refractivity contribution in [3.8, 4) is 0 Å². The summed E-state index contributed by atoms with van der Waals surface area (Å²) in [7, 11) is -1.18. The Hall–Kier alpha value is -1.80. The van der Waals surface area contributed by atoms with Gasteiger partial charge in [0.15, 0.2) is 10.6 Å². The van der Waals surface area contributed by atoms with Crippen molar-refractivity contribution in [2.45, 2.75) is 38.3 Å². The number of aromatic nitrogens is 3. The number of amides is 1. The second-order valence-electron chi connectivity index (χ2n) is 5.22. The summed E-state index contributed by atoms with van der Waals surface area (Å²) in [6.07, 6.45) is 0. The van der Waals surface area contributed by atoms with Gasteiger partial charge in [-0.25, -0.2) is 0 Å². The molecule has 23 heavy (non-hydrogen) atoms. The van der Waals surface area contributed by atoms with E-state index in [-0.39, 0.29) is 18.5 Å². The average molecular weight is 352 g/mol. The number of carbonyl (C=O) groups excluding carboxylic acids is 1. The van der Waals surface area contributed by atoms with Crippen LogP contribution in [0.1, 0.15) is 43.0 Å². The van der Waals surface area contributed by atoms with Crippen LogP contribution in [0.4, 0.5) is 0 Å². The van der Waals surface area contributed by atoms with Gasteiger partial charge in [-0.2, -0.15) is 5.10 Å². The Morgan fingerprint density at radius 2 is 2.13 bits per heavy atom. The molecule has 6 nitrogen and oxygen atoms in total. The van der Waals surface area contributed by atoms with Crippen molar-refractivity contribution in [3.63, 3.8) is 0 Å². The molecule has 124 valence electrons. The molecule has 0 fully saturated rings. The van der Waals surface area contributed by atoms with Crippen molar-refractivity contribution in [3.05, 3.63) is 40.4 Å². The van der Waals surface area contributed by atoms with E-state index >= 15 is 0 Å². The van der Waals surface area contributed by atoms with Gasteiger partial charge in [-0.3, -0.25) is 14.1 Å². The van der Waals surface area contributed by atoms with Crippen LogP contribution in [-0.4, -0.2) is 30.6 Å². The van der Waals surface area contributed by atoms with Crippen LogP contribution in [0.3, 0.4) is 0 Å². The molecule has 2 rings (SSSR count). The molecular weight excluding hydrogens is 332 g/mol. The Morgan fingerprint density at radius 3 is 2.78 bits per heavy atom. The number of hydrogen-bond donors (Lipinski definition) is 2. The Balaban J connectivity index is 2.18. The summed E-state index contributed by atoms with van der Waals surface area (Å²) in [4.78, 5) is 13.0. The van der Waals surface area contributed by atoms with Crippen molar-refractivity contribution >= 4 is 28.9 Å². The number of nitrogens with one attached hydrogen (secondary N) is 2. The highest BCUT2D eigenvalue weighted by atomic mass is 32.2. The highest BCUT2D eigenvalue weighted by molar-refractivity contribution is 7.85. The van der Waals surface area contributed by atoms with Crippen LogP contribution in [0.25, 0.3) is 0 Å². The summed E-state index contributed by atoms with van der Waals surface area (Å²) < 4.78 is 14.4. The lowest BCUT2D eigenvalue weighted by Gasteiger charge is -2.12. The highest BCUT2D eigenvalue weighted by Crippen LogP contribution is 2.14. The summed E-state index contributed by atoms with van der Waals surface area (Å²) in [5.74, 6) is 0.857. The predicted octanol–water partition coefficient (Wildman–Crippen LogP) is 2.58. The molecule has 0 unspecified atom stereocenters. The van der Waals surface area contributed by atoms with E-state index in [0.29, 0.717) is 26.8 Å². The standard InChI is InChI=1S/C15H20N4O2S2/c1-4-23(21)12-8-6-5-7-11(12)14(20)16-9-13-17-18-15(22)19(13)10(2)3/h5-8,10H,4,9H2,1-3H3,(H,16,20)(H,18,22)/t23-/m0/s1. The lowest BCUT2D eigenvalue weighted by atomic mass is 10.2. The fourth-order valence-corrected chi connectivity index (χ4v) is 3.57. The molecule has 0 aliphatic carbocycles. The average Bonchev–Trinajstić information content (AvgIpc) is 2.92. The number of benzene rings is 1. The predicted molar refractivity (Wildman–Crippen MR) is 92.4 cm³/mol. The van der Waals surface area contributed by atoms with Crippen LogP contribution in [0, 0.1) is 4.77 Å². The van der Waals surface area contributed by atoms with Crippen LogP contribution in [-0.2, 0) is 17.3 Å². The first-order valence-corrected chi connectivity index (χ1v) is 9.09. The minimum absolute atomic E-state index is 0.146. The van der Waals surface area contributed by atoms with E-state index in [2.05, 4.69) is 15.5 Å². The lowest BCUT2D eigenvalue weighted by molar-refractivity contribution is 0.0946. The smallest absolute Gasteiger partial charge is 0.252 e. The monoisotopic (exact) mass is 352 g/mol. The van der Waals surface area contributed by atoms with Gasteiger partial charge < -0.3 is 9.88 Å². The molecule has 1 amide bonds. The molecule has 1 aromatic heterocycles. The van der Waals surface area contributed by atoms with Crippen LogP contribution in [0.15, 0.2) is 29.2 Å². The van der Waals surface area contributed by atoms with Crippen molar-refractivity contribution in [1.82, 2.24) is 20.1 Å². The van der Waals surface area contributed by atoms with Gasteiger partial charge in [0.05, 0.1) is 27.8 Å². The molecule has 0 aliphatic heterocycles. The normalized spacial score (nSPS) is 12.3. The fourth-order valence-electron chi connectivity index (χ4n) is 2.26. The number of carbonyl (C=O) groups is 1. The van der Waals surface area contributed by atoms with Crippen LogP contribution in [0.5, 0.6) is 0 Å². The van der Waals surface area contributed by atoms with Gasteiger partial charge in [0.1, 0.15) is 0 Å². The van der Waals surface area contributed by atoms with Crippen molar-refractivity contribution in [2.75, 3.05) is 5.75 Å². The van der Waals surface area contributed by atoms with Gasteiger partial charge in [0.2, 0.25) is 0 Å². The number of hydrogen-bond acceptors (Lipinski definition) is 4. The largest absolute Gasteiger partial charge is 0.345 e.